The number of morpholine rings is 1. The van der Waals surface area contributed by atoms with Crippen molar-refractivity contribution in [1.82, 2.24) is 34.4 Å². The molecule has 7 rings (SSSR count). The summed E-state index contributed by atoms with van der Waals surface area (Å²) in [5.41, 5.74) is 5.53. The van der Waals surface area contributed by atoms with Gasteiger partial charge in [-0.25, -0.2) is 19.0 Å². The summed E-state index contributed by atoms with van der Waals surface area (Å²) in [6, 6.07) is 21.0. The van der Waals surface area contributed by atoms with Crippen molar-refractivity contribution in [3.8, 4) is 5.69 Å². The second-order valence-electron chi connectivity index (χ2n) is 11.0. The number of halogens is 1. The highest BCUT2D eigenvalue weighted by Crippen LogP contribution is 2.28. The van der Waals surface area contributed by atoms with Crippen LogP contribution in [0.15, 0.2) is 85.5 Å². The smallest absolute Gasteiger partial charge is 0.141 e. The number of nitrogens with one attached hydrogen (secondary N) is 1. The van der Waals surface area contributed by atoms with Gasteiger partial charge in [-0.3, -0.25) is 4.90 Å². The lowest BCUT2D eigenvalue weighted by atomic mass is 10.2. The molecule has 9 nitrogen and oxygen atoms in total. The van der Waals surface area contributed by atoms with Crippen LogP contribution in [0.3, 0.4) is 0 Å². The zero-order chi connectivity index (χ0) is 28.6. The second kappa shape index (κ2) is 11.0. The highest BCUT2D eigenvalue weighted by atomic mass is 19.1. The van der Waals surface area contributed by atoms with Crippen LogP contribution in [-0.4, -0.2) is 59.7 Å². The summed E-state index contributed by atoms with van der Waals surface area (Å²) in [6.45, 7) is 7.29. The van der Waals surface area contributed by atoms with Crippen LogP contribution >= 0.6 is 0 Å². The summed E-state index contributed by atoms with van der Waals surface area (Å²) >= 11 is 0. The SMILES string of the molecule is C[C@@H]1CN(Cc2cn(-c3ccc4ncnc(Nc5ccc6c(ccn6Cc6cccc(F)c6)c5)c4c3)nn2)C[C@H](C)O1. The first kappa shape index (κ1) is 26.2. The fourth-order valence-corrected chi connectivity index (χ4v) is 5.81. The number of fused-ring (bicyclic) bond motifs is 2. The van der Waals surface area contributed by atoms with E-state index in [-0.39, 0.29) is 18.0 Å². The number of hydrogen-bond acceptors (Lipinski definition) is 7. The molecule has 6 aromatic rings. The van der Waals surface area contributed by atoms with Gasteiger partial charge in [0.2, 0.25) is 0 Å². The number of aromatic nitrogens is 6. The number of ether oxygens (including phenoxy) is 1. The fourth-order valence-electron chi connectivity index (χ4n) is 5.81. The topological polar surface area (TPSA) is 85.9 Å². The Morgan fingerprint density at radius 3 is 2.69 bits per heavy atom. The van der Waals surface area contributed by atoms with E-state index in [1.165, 1.54) is 6.07 Å². The first-order valence-electron chi connectivity index (χ1n) is 14.1. The molecule has 1 aliphatic rings. The summed E-state index contributed by atoms with van der Waals surface area (Å²) in [6.07, 6.45) is 5.98. The highest BCUT2D eigenvalue weighted by molar-refractivity contribution is 5.93. The van der Waals surface area contributed by atoms with Gasteiger partial charge in [0.25, 0.3) is 0 Å². The molecule has 1 saturated heterocycles. The standard InChI is InChI=1S/C32H31FN8O/c1-21-15-39(16-22(2)42-21)18-27-19-41(38-37-27)28-7-8-30-29(14-28)32(35-20-34-30)36-26-6-9-31-24(13-26)10-11-40(31)17-23-4-3-5-25(33)12-23/h3-14,19-22H,15-18H2,1-2H3,(H,34,35,36)/t21-,22+. The van der Waals surface area contributed by atoms with Crippen molar-refractivity contribution in [1.29, 1.82) is 0 Å². The van der Waals surface area contributed by atoms with Crippen molar-refractivity contribution in [2.24, 2.45) is 0 Å². The number of anilines is 2. The van der Waals surface area contributed by atoms with Gasteiger partial charge in [0.05, 0.1) is 35.3 Å². The molecule has 0 aliphatic carbocycles. The highest BCUT2D eigenvalue weighted by Gasteiger charge is 2.23. The molecule has 42 heavy (non-hydrogen) atoms. The van der Waals surface area contributed by atoms with E-state index in [4.69, 9.17) is 4.74 Å². The molecule has 1 aliphatic heterocycles. The van der Waals surface area contributed by atoms with Gasteiger partial charge in [0.1, 0.15) is 18.0 Å². The first-order valence-corrected chi connectivity index (χ1v) is 14.1. The molecule has 0 saturated carbocycles. The van der Waals surface area contributed by atoms with E-state index in [1.54, 1.807) is 23.1 Å². The first-order chi connectivity index (χ1) is 20.5. The van der Waals surface area contributed by atoms with Gasteiger partial charge in [-0.2, -0.15) is 0 Å². The fraction of sp³-hybridized carbons (Fsp3) is 0.250. The second-order valence-corrected chi connectivity index (χ2v) is 11.0. The Morgan fingerprint density at radius 1 is 0.952 bits per heavy atom. The van der Waals surface area contributed by atoms with Crippen molar-refractivity contribution in [2.75, 3.05) is 18.4 Å². The third-order valence-corrected chi connectivity index (χ3v) is 7.58. The Morgan fingerprint density at radius 2 is 1.83 bits per heavy atom. The van der Waals surface area contributed by atoms with Gasteiger partial charge in [-0.15, -0.1) is 5.10 Å². The van der Waals surface area contributed by atoms with Gasteiger partial charge in [-0.05, 0) is 74.0 Å². The Labute approximate surface area is 242 Å². The van der Waals surface area contributed by atoms with Crippen molar-refractivity contribution in [2.45, 2.75) is 39.1 Å². The van der Waals surface area contributed by atoms with E-state index >= 15 is 0 Å². The van der Waals surface area contributed by atoms with Crippen LogP contribution in [0.25, 0.3) is 27.5 Å². The maximum absolute atomic E-state index is 13.7. The summed E-state index contributed by atoms with van der Waals surface area (Å²) in [7, 11) is 0. The molecule has 3 aromatic carbocycles. The zero-order valence-electron chi connectivity index (χ0n) is 23.5. The Hall–Kier alpha value is -4.67. The lowest BCUT2D eigenvalue weighted by molar-refractivity contribution is -0.0707. The van der Waals surface area contributed by atoms with Gasteiger partial charge in [-0.1, -0.05) is 17.3 Å². The van der Waals surface area contributed by atoms with Crippen LogP contribution in [0, 0.1) is 5.82 Å². The van der Waals surface area contributed by atoms with E-state index in [9.17, 15) is 4.39 Å². The maximum atomic E-state index is 13.7. The molecule has 3 aromatic heterocycles. The van der Waals surface area contributed by atoms with Crippen LogP contribution in [0.1, 0.15) is 25.1 Å². The Balaban J connectivity index is 1.12. The van der Waals surface area contributed by atoms with Crippen molar-refractivity contribution in [3.05, 3.63) is 103 Å². The molecule has 0 radical (unpaired) electrons. The van der Waals surface area contributed by atoms with E-state index in [0.717, 1.165) is 64.1 Å². The summed E-state index contributed by atoms with van der Waals surface area (Å²) in [4.78, 5) is 11.4. The summed E-state index contributed by atoms with van der Waals surface area (Å²) in [5, 5.41) is 14.3. The predicted molar refractivity (Wildman–Crippen MR) is 160 cm³/mol. The van der Waals surface area contributed by atoms with Crippen LogP contribution < -0.4 is 5.32 Å². The normalized spacial score (nSPS) is 17.7. The number of nitrogens with zero attached hydrogens (tertiary/aromatic N) is 7. The van der Waals surface area contributed by atoms with E-state index in [1.807, 2.05) is 42.7 Å². The van der Waals surface area contributed by atoms with Crippen molar-refractivity contribution < 1.29 is 9.13 Å². The maximum Gasteiger partial charge on any atom is 0.141 e. The predicted octanol–water partition coefficient (Wildman–Crippen LogP) is 5.71. The lowest BCUT2D eigenvalue weighted by Crippen LogP contribution is -2.44. The Bertz CT molecular complexity index is 1870. The molecule has 2 atom stereocenters. The summed E-state index contributed by atoms with van der Waals surface area (Å²) < 4.78 is 23.4. The number of rotatable bonds is 7. The molecular formula is C32H31FN8O. The average Bonchev–Trinajstić information content (AvgIpc) is 3.59. The average molecular weight is 563 g/mol. The molecule has 1 N–H and O–H groups in total. The van der Waals surface area contributed by atoms with Gasteiger partial charge in [0.15, 0.2) is 0 Å². The summed E-state index contributed by atoms with van der Waals surface area (Å²) in [5.74, 6) is 0.481. The third kappa shape index (κ3) is 5.46. The van der Waals surface area contributed by atoms with Crippen molar-refractivity contribution >= 4 is 33.3 Å². The largest absolute Gasteiger partial charge is 0.373 e. The lowest BCUT2D eigenvalue weighted by Gasteiger charge is -2.34. The molecule has 0 amide bonds. The minimum absolute atomic E-state index is 0.205. The number of hydrogen-bond donors (Lipinski definition) is 1. The van der Waals surface area contributed by atoms with Crippen molar-refractivity contribution in [3.63, 3.8) is 0 Å². The monoisotopic (exact) mass is 562 g/mol. The van der Waals surface area contributed by atoms with Crippen LogP contribution in [0.2, 0.25) is 0 Å². The minimum Gasteiger partial charge on any atom is -0.373 e. The molecule has 1 fully saturated rings. The molecule has 212 valence electrons. The quantitative estimate of drug-likeness (QED) is 0.267. The molecule has 4 heterocycles. The van der Waals surface area contributed by atoms with Crippen LogP contribution in [-0.2, 0) is 17.8 Å². The van der Waals surface area contributed by atoms with Gasteiger partial charge >= 0.3 is 0 Å². The van der Waals surface area contributed by atoms with E-state index in [0.29, 0.717) is 12.4 Å². The van der Waals surface area contributed by atoms with E-state index < -0.39 is 0 Å². The molecule has 10 heteroatoms. The zero-order valence-corrected chi connectivity index (χ0v) is 23.5. The molecule has 0 spiro atoms. The van der Waals surface area contributed by atoms with Crippen LogP contribution in [0.4, 0.5) is 15.9 Å². The van der Waals surface area contributed by atoms with Crippen LogP contribution in [0.5, 0.6) is 0 Å². The third-order valence-electron chi connectivity index (χ3n) is 7.58. The Kier molecular flexibility index (Phi) is 6.85. The minimum atomic E-state index is -0.225. The number of benzene rings is 3. The molecule has 0 bridgehead atoms. The van der Waals surface area contributed by atoms with Gasteiger partial charge < -0.3 is 14.6 Å². The molecular weight excluding hydrogens is 531 g/mol. The molecule has 0 unspecified atom stereocenters. The van der Waals surface area contributed by atoms with Gasteiger partial charge in [0, 0.05) is 54.4 Å². The van der Waals surface area contributed by atoms with E-state index in [2.05, 4.69) is 67.1 Å².